The van der Waals surface area contributed by atoms with Gasteiger partial charge in [-0.05, 0) is 61.2 Å². The summed E-state index contributed by atoms with van der Waals surface area (Å²) in [5, 5.41) is 10.0. The van der Waals surface area contributed by atoms with Gasteiger partial charge in [0.2, 0.25) is 5.91 Å². The Morgan fingerprint density at radius 1 is 1.27 bits per heavy atom. The minimum atomic E-state index is 0.190. The van der Waals surface area contributed by atoms with E-state index in [2.05, 4.69) is 28.9 Å². The predicted octanol–water partition coefficient (Wildman–Crippen LogP) is 2.26. The summed E-state index contributed by atoms with van der Waals surface area (Å²) in [5.74, 6) is 2.00. The Labute approximate surface area is 161 Å². The van der Waals surface area contributed by atoms with Crippen LogP contribution in [-0.2, 0) is 11.3 Å². The molecule has 1 aromatic heterocycles. The van der Waals surface area contributed by atoms with E-state index >= 15 is 0 Å². The second-order valence-electron chi connectivity index (χ2n) is 7.60. The van der Waals surface area contributed by atoms with E-state index in [4.69, 9.17) is 0 Å². The van der Waals surface area contributed by atoms with Crippen LogP contribution < -0.4 is 0 Å². The SMILES string of the molecule is CCSCC(=O)N1CCC2(CCN(Cc3ccncc3)CC2)[C@H](CO)C1. The van der Waals surface area contributed by atoms with Crippen molar-refractivity contribution in [1.82, 2.24) is 14.8 Å². The lowest BCUT2D eigenvalue weighted by Crippen LogP contribution is -2.54. The molecule has 0 saturated carbocycles. The van der Waals surface area contributed by atoms with Crippen molar-refractivity contribution in [2.24, 2.45) is 11.3 Å². The number of aromatic nitrogens is 1. The second kappa shape index (κ2) is 9.20. The summed E-state index contributed by atoms with van der Waals surface area (Å²) in [6, 6.07) is 4.17. The minimum absolute atomic E-state index is 0.190. The molecule has 1 amide bonds. The highest BCUT2D eigenvalue weighted by Crippen LogP contribution is 2.45. The highest BCUT2D eigenvalue weighted by molar-refractivity contribution is 7.99. The van der Waals surface area contributed by atoms with Crippen molar-refractivity contribution in [2.45, 2.75) is 32.7 Å². The molecule has 2 aliphatic rings. The molecular weight excluding hydrogens is 346 g/mol. The maximum Gasteiger partial charge on any atom is 0.232 e. The van der Waals surface area contributed by atoms with E-state index in [1.54, 1.807) is 11.8 Å². The van der Waals surface area contributed by atoms with Gasteiger partial charge in [-0.15, -0.1) is 0 Å². The normalized spacial score (nSPS) is 23.3. The van der Waals surface area contributed by atoms with Gasteiger partial charge < -0.3 is 10.0 Å². The van der Waals surface area contributed by atoms with Crippen molar-refractivity contribution in [3.63, 3.8) is 0 Å². The lowest BCUT2D eigenvalue weighted by Gasteiger charge is -2.51. The number of thioether (sulfide) groups is 1. The van der Waals surface area contributed by atoms with Gasteiger partial charge in [0.05, 0.1) is 5.75 Å². The molecule has 1 atom stereocenters. The standard InChI is InChI=1S/C20H31N3O2S/c1-2-26-16-19(25)23-12-7-20(18(14-23)15-24)5-10-22(11-6-20)13-17-3-8-21-9-4-17/h3-4,8-9,18,24H,2,5-7,10-16H2,1H3/t18-/m0/s1. The maximum absolute atomic E-state index is 12.4. The van der Waals surface area contributed by atoms with Crippen molar-refractivity contribution in [2.75, 3.05) is 44.3 Å². The topological polar surface area (TPSA) is 56.7 Å². The number of piperidine rings is 2. The monoisotopic (exact) mass is 377 g/mol. The summed E-state index contributed by atoms with van der Waals surface area (Å²) >= 11 is 1.68. The van der Waals surface area contributed by atoms with E-state index in [0.29, 0.717) is 5.75 Å². The number of likely N-dealkylation sites (tertiary alicyclic amines) is 2. The fourth-order valence-electron chi connectivity index (χ4n) is 4.43. The lowest BCUT2D eigenvalue weighted by molar-refractivity contribution is -0.135. The first-order chi connectivity index (χ1) is 12.7. The van der Waals surface area contributed by atoms with Gasteiger partial charge >= 0.3 is 0 Å². The lowest BCUT2D eigenvalue weighted by atomic mass is 9.64. The Kier molecular flexibility index (Phi) is 6.95. The molecule has 3 rings (SSSR count). The van der Waals surface area contributed by atoms with Crippen molar-refractivity contribution in [1.29, 1.82) is 0 Å². The van der Waals surface area contributed by atoms with Crippen molar-refractivity contribution < 1.29 is 9.90 Å². The summed E-state index contributed by atoms with van der Waals surface area (Å²) in [5.41, 5.74) is 1.52. The van der Waals surface area contributed by atoms with E-state index in [-0.39, 0.29) is 23.8 Å². The molecule has 2 fully saturated rings. The summed E-state index contributed by atoms with van der Waals surface area (Å²) < 4.78 is 0. The fraction of sp³-hybridized carbons (Fsp3) is 0.700. The first-order valence-corrected chi connectivity index (χ1v) is 10.9. The molecule has 0 aliphatic carbocycles. The Hall–Kier alpha value is -1.11. The van der Waals surface area contributed by atoms with Crippen LogP contribution in [0.2, 0.25) is 0 Å². The van der Waals surface area contributed by atoms with Gasteiger partial charge in [0, 0.05) is 44.6 Å². The summed E-state index contributed by atoms with van der Waals surface area (Å²) in [6.07, 6.45) is 6.98. The first kappa shape index (κ1) is 19.6. The van der Waals surface area contributed by atoms with Gasteiger partial charge in [-0.25, -0.2) is 0 Å². The van der Waals surface area contributed by atoms with E-state index in [1.165, 1.54) is 5.56 Å². The number of aliphatic hydroxyl groups excluding tert-OH is 1. The molecule has 1 aromatic rings. The molecule has 26 heavy (non-hydrogen) atoms. The van der Waals surface area contributed by atoms with Crippen LogP contribution in [0.1, 0.15) is 31.7 Å². The number of carbonyl (C=O) groups is 1. The van der Waals surface area contributed by atoms with Crippen LogP contribution in [-0.4, -0.2) is 70.1 Å². The number of amides is 1. The van der Waals surface area contributed by atoms with Crippen LogP contribution in [0.25, 0.3) is 0 Å². The average Bonchev–Trinajstić information content (AvgIpc) is 2.69. The molecule has 2 saturated heterocycles. The predicted molar refractivity (Wildman–Crippen MR) is 106 cm³/mol. The molecule has 3 heterocycles. The Bertz CT molecular complexity index is 576. The van der Waals surface area contributed by atoms with Crippen LogP contribution in [0.3, 0.4) is 0 Å². The molecule has 0 unspecified atom stereocenters. The number of pyridine rings is 1. The molecule has 5 nitrogen and oxygen atoms in total. The molecule has 0 radical (unpaired) electrons. The molecule has 2 aliphatic heterocycles. The smallest absolute Gasteiger partial charge is 0.232 e. The molecule has 1 N–H and O–H groups in total. The Morgan fingerprint density at radius 3 is 2.62 bits per heavy atom. The highest BCUT2D eigenvalue weighted by atomic mass is 32.2. The van der Waals surface area contributed by atoms with Crippen molar-refractivity contribution in [3.05, 3.63) is 30.1 Å². The van der Waals surface area contributed by atoms with Crippen molar-refractivity contribution >= 4 is 17.7 Å². The summed E-state index contributed by atoms with van der Waals surface area (Å²) in [7, 11) is 0. The van der Waals surface area contributed by atoms with Gasteiger partial charge in [-0.3, -0.25) is 14.7 Å². The van der Waals surface area contributed by atoms with E-state index in [1.807, 2.05) is 17.3 Å². The number of carbonyl (C=O) groups excluding carboxylic acids is 1. The van der Waals surface area contributed by atoms with Gasteiger partial charge in [-0.1, -0.05) is 6.92 Å². The number of aliphatic hydroxyl groups is 1. The maximum atomic E-state index is 12.4. The van der Waals surface area contributed by atoms with Crippen LogP contribution in [0.5, 0.6) is 0 Å². The van der Waals surface area contributed by atoms with Crippen LogP contribution >= 0.6 is 11.8 Å². The van der Waals surface area contributed by atoms with Gasteiger partial charge in [-0.2, -0.15) is 11.8 Å². The Balaban J connectivity index is 1.55. The molecule has 6 heteroatoms. The molecule has 1 spiro atoms. The molecular formula is C20H31N3O2S. The zero-order valence-electron chi connectivity index (χ0n) is 15.8. The third-order valence-corrected chi connectivity index (χ3v) is 7.06. The number of hydrogen-bond donors (Lipinski definition) is 1. The van der Waals surface area contributed by atoms with Gasteiger partial charge in [0.25, 0.3) is 0 Å². The number of rotatable bonds is 6. The highest BCUT2D eigenvalue weighted by Gasteiger charge is 2.45. The third-order valence-electron chi connectivity index (χ3n) is 6.20. The molecule has 144 valence electrons. The molecule has 0 bridgehead atoms. The quantitative estimate of drug-likeness (QED) is 0.824. The zero-order chi connectivity index (χ0) is 18.4. The Morgan fingerprint density at radius 2 is 1.96 bits per heavy atom. The molecule has 0 aromatic carbocycles. The van der Waals surface area contributed by atoms with E-state index in [9.17, 15) is 9.90 Å². The second-order valence-corrected chi connectivity index (χ2v) is 8.87. The third kappa shape index (κ3) is 4.59. The summed E-state index contributed by atoms with van der Waals surface area (Å²) in [6.45, 7) is 6.96. The van der Waals surface area contributed by atoms with Gasteiger partial charge in [0.1, 0.15) is 0 Å². The zero-order valence-corrected chi connectivity index (χ0v) is 16.6. The summed E-state index contributed by atoms with van der Waals surface area (Å²) in [4.78, 5) is 20.9. The number of nitrogens with zero attached hydrogens (tertiary/aromatic N) is 3. The van der Waals surface area contributed by atoms with Crippen LogP contribution in [0.4, 0.5) is 0 Å². The number of hydrogen-bond acceptors (Lipinski definition) is 5. The fourth-order valence-corrected chi connectivity index (χ4v) is 4.99. The van der Waals surface area contributed by atoms with Crippen molar-refractivity contribution in [3.8, 4) is 0 Å². The van der Waals surface area contributed by atoms with E-state index < -0.39 is 0 Å². The van der Waals surface area contributed by atoms with Crippen LogP contribution in [0.15, 0.2) is 24.5 Å². The van der Waals surface area contributed by atoms with Crippen LogP contribution in [0, 0.1) is 11.3 Å². The minimum Gasteiger partial charge on any atom is -0.396 e. The largest absolute Gasteiger partial charge is 0.396 e. The first-order valence-electron chi connectivity index (χ1n) is 9.74. The van der Waals surface area contributed by atoms with Gasteiger partial charge in [0.15, 0.2) is 0 Å². The van der Waals surface area contributed by atoms with E-state index in [0.717, 1.165) is 57.7 Å². The average molecular weight is 378 g/mol.